The van der Waals surface area contributed by atoms with Gasteiger partial charge in [-0.15, -0.1) is 0 Å². The summed E-state index contributed by atoms with van der Waals surface area (Å²) in [6, 6.07) is 11.6. The summed E-state index contributed by atoms with van der Waals surface area (Å²) in [6.07, 6.45) is 4.70. The lowest BCUT2D eigenvalue weighted by Crippen LogP contribution is -2.27. The van der Waals surface area contributed by atoms with Crippen LogP contribution in [0.4, 0.5) is 0 Å². The molecule has 0 saturated carbocycles. The first kappa shape index (κ1) is 21.2. The first-order chi connectivity index (χ1) is 13.7. The van der Waals surface area contributed by atoms with Gasteiger partial charge < -0.3 is 5.32 Å². The summed E-state index contributed by atoms with van der Waals surface area (Å²) in [5.74, 6) is -0.252. The van der Waals surface area contributed by atoms with Gasteiger partial charge in [0.1, 0.15) is 0 Å². The van der Waals surface area contributed by atoms with E-state index in [1.54, 1.807) is 19.1 Å². The van der Waals surface area contributed by atoms with E-state index >= 15 is 0 Å². The summed E-state index contributed by atoms with van der Waals surface area (Å²) in [4.78, 5) is 24.7. The van der Waals surface area contributed by atoms with Gasteiger partial charge in [0.15, 0.2) is 5.78 Å². The van der Waals surface area contributed by atoms with Crippen molar-refractivity contribution in [3.05, 3.63) is 64.7 Å². The molecular weight excluding hydrogens is 388 g/mol. The van der Waals surface area contributed by atoms with E-state index in [1.165, 1.54) is 29.7 Å². The van der Waals surface area contributed by atoms with Crippen LogP contribution in [0.1, 0.15) is 65.7 Å². The zero-order valence-corrected chi connectivity index (χ0v) is 17.3. The molecule has 1 amide bonds. The van der Waals surface area contributed by atoms with Gasteiger partial charge in [-0.1, -0.05) is 24.3 Å². The highest BCUT2D eigenvalue weighted by atomic mass is 32.2. The van der Waals surface area contributed by atoms with Crippen LogP contribution >= 0.6 is 0 Å². The number of hydrogen-bond donors (Lipinski definition) is 2. The highest BCUT2D eigenvalue weighted by Gasteiger charge is 2.16. The second kappa shape index (κ2) is 8.88. The fourth-order valence-electron chi connectivity index (χ4n) is 3.62. The van der Waals surface area contributed by atoms with Crippen LogP contribution in [0.3, 0.4) is 0 Å². The molecule has 1 atom stereocenters. The maximum atomic E-state index is 12.5. The van der Waals surface area contributed by atoms with Crippen LogP contribution in [0.5, 0.6) is 0 Å². The highest BCUT2D eigenvalue weighted by molar-refractivity contribution is 7.89. The average Bonchev–Trinajstić information content (AvgIpc) is 2.71. The average molecular weight is 415 g/mol. The van der Waals surface area contributed by atoms with Crippen LogP contribution < -0.4 is 10.5 Å². The lowest BCUT2D eigenvalue weighted by atomic mass is 9.89. The number of fused-ring (bicyclic) bond motifs is 1. The van der Waals surface area contributed by atoms with E-state index in [2.05, 4.69) is 5.32 Å². The number of amides is 1. The van der Waals surface area contributed by atoms with Gasteiger partial charge in [-0.2, -0.15) is 0 Å². The van der Waals surface area contributed by atoms with E-state index in [0.29, 0.717) is 5.56 Å². The number of nitrogens with two attached hydrogens (primary N) is 1. The summed E-state index contributed by atoms with van der Waals surface area (Å²) >= 11 is 0. The first-order valence-electron chi connectivity index (χ1n) is 9.81. The molecule has 29 heavy (non-hydrogen) atoms. The Hall–Kier alpha value is -2.51. The lowest BCUT2D eigenvalue weighted by Gasteiger charge is -2.16. The quantitative estimate of drug-likeness (QED) is 0.679. The summed E-state index contributed by atoms with van der Waals surface area (Å²) in [6.45, 7) is 1.80. The molecule has 154 valence electrons. The predicted octanol–water partition coefficient (Wildman–Crippen LogP) is 3.05. The van der Waals surface area contributed by atoms with Crippen LogP contribution in [0, 0.1) is 0 Å². The van der Waals surface area contributed by atoms with E-state index < -0.39 is 10.0 Å². The Morgan fingerprint density at radius 3 is 2.31 bits per heavy atom. The number of sulfonamides is 1. The monoisotopic (exact) mass is 414 g/mol. The normalized spacial score (nSPS) is 14.7. The molecule has 3 rings (SSSR count). The van der Waals surface area contributed by atoms with Crippen molar-refractivity contribution >= 4 is 21.7 Å². The number of carbonyl (C=O) groups is 2. The number of ketones is 1. The molecule has 0 fully saturated rings. The molecule has 7 heteroatoms. The van der Waals surface area contributed by atoms with Crippen molar-refractivity contribution in [3.8, 4) is 0 Å². The van der Waals surface area contributed by atoms with Crippen molar-refractivity contribution in [1.82, 2.24) is 5.32 Å². The van der Waals surface area contributed by atoms with Gasteiger partial charge in [0, 0.05) is 18.4 Å². The van der Waals surface area contributed by atoms with Gasteiger partial charge in [0.2, 0.25) is 15.9 Å². The molecule has 0 aromatic heterocycles. The van der Waals surface area contributed by atoms with Crippen LogP contribution in [-0.4, -0.2) is 20.1 Å². The number of nitrogens with one attached hydrogen (secondary N) is 1. The van der Waals surface area contributed by atoms with Crippen molar-refractivity contribution in [2.45, 2.75) is 56.4 Å². The van der Waals surface area contributed by atoms with Gasteiger partial charge in [-0.25, -0.2) is 13.6 Å². The molecule has 0 aliphatic heterocycles. The van der Waals surface area contributed by atoms with Gasteiger partial charge in [0.25, 0.3) is 0 Å². The number of carbonyl (C=O) groups excluding carboxylic acids is 2. The fraction of sp³-hybridized carbons (Fsp3) is 0.364. The highest BCUT2D eigenvalue weighted by Crippen LogP contribution is 2.23. The SMILES string of the molecule is CC(NC(=O)CCC(=O)c1ccc2c(c1)CCCC2)c1ccc(S(N)(=O)=O)cc1. The zero-order valence-electron chi connectivity index (χ0n) is 16.5. The summed E-state index contributed by atoms with van der Waals surface area (Å²) < 4.78 is 22.6. The second-order valence-electron chi connectivity index (χ2n) is 7.52. The molecule has 2 aromatic carbocycles. The van der Waals surface area contributed by atoms with Gasteiger partial charge in [-0.3, -0.25) is 9.59 Å². The molecule has 6 nitrogen and oxygen atoms in total. The van der Waals surface area contributed by atoms with Crippen LogP contribution in [0.2, 0.25) is 0 Å². The van der Waals surface area contributed by atoms with Crippen molar-refractivity contribution < 1.29 is 18.0 Å². The first-order valence-corrected chi connectivity index (χ1v) is 11.4. The molecule has 3 N–H and O–H groups in total. The Bertz CT molecular complexity index is 1010. The number of primary sulfonamides is 1. The van der Waals surface area contributed by atoms with Crippen molar-refractivity contribution in [2.24, 2.45) is 5.14 Å². The minimum absolute atomic E-state index is 0.0235. The lowest BCUT2D eigenvalue weighted by molar-refractivity contribution is -0.121. The van der Waals surface area contributed by atoms with E-state index in [9.17, 15) is 18.0 Å². The minimum Gasteiger partial charge on any atom is -0.350 e. The molecule has 1 aliphatic rings. The molecule has 0 spiro atoms. The Balaban J connectivity index is 1.53. The predicted molar refractivity (Wildman–Crippen MR) is 111 cm³/mol. The Labute approximate surface area is 171 Å². The molecule has 2 aromatic rings. The Morgan fingerprint density at radius 1 is 1.00 bits per heavy atom. The molecule has 1 aliphatic carbocycles. The van der Waals surface area contributed by atoms with Crippen molar-refractivity contribution in [2.75, 3.05) is 0 Å². The number of rotatable bonds is 7. The molecule has 0 radical (unpaired) electrons. The maximum Gasteiger partial charge on any atom is 0.238 e. The summed E-state index contributed by atoms with van der Waals surface area (Å²) in [5.41, 5.74) is 4.01. The molecular formula is C22H26N2O4S. The Morgan fingerprint density at radius 2 is 1.66 bits per heavy atom. The van der Waals surface area contributed by atoms with Crippen LogP contribution in [-0.2, 0) is 27.7 Å². The fourth-order valence-corrected chi connectivity index (χ4v) is 4.14. The Kier molecular flexibility index (Phi) is 6.49. The van der Waals surface area contributed by atoms with Gasteiger partial charge in [0.05, 0.1) is 10.9 Å². The third-order valence-electron chi connectivity index (χ3n) is 5.34. The molecule has 0 saturated heterocycles. The second-order valence-corrected chi connectivity index (χ2v) is 9.08. The smallest absolute Gasteiger partial charge is 0.238 e. The van der Waals surface area contributed by atoms with E-state index in [4.69, 9.17) is 5.14 Å². The summed E-state index contributed by atoms with van der Waals surface area (Å²) in [7, 11) is -3.74. The number of hydrogen-bond acceptors (Lipinski definition) is 4. The van der Waals surface area contributed by atoms with E-state index in [1.807, 2.05) is 18.2 Å². The van der Waals surface area contributed by atoms with Crippen molar-refractivity contribution in [1.29, 1.82) is 0 Å². The van der Waals surface area contributed by atoms with Crippen LogP contribution in [0.25, 0.3) is 0 Å². The molecule has 0 bridgehead atoms. The molecule has 1 unspecified atom stereocenters. The maximum absolute atomic E-state index is 12.5. The minimum atomic E-state index is -3.74. The third-order valence-corrected chi connectivity index (χ3v) is 6.26. The number of benzene rings is 2. The van der Waals surface area contributed by atoms with E-state index in [0.717, 1.165) is 24.8 Å². The summed E-state index contributed by atoms with van der Waals surface area (Å²) in [5, 5.41) is 7.93. The molecule has 0 heterocycles. The standard InChI is InChI=1S/C22H26N2O4S/c1-15(16-8-10-20(11-9-16)29(23,27)28)24-22(26)13-12-21(25)19-7-6-17-4-2-3-5-18(17)14-19/h6-11,14-15H,2-5,12-13H2,1H3,(H,24,26)(H2,23,27,28). The third kappa shape index (κ3) is 5.52. The van der Waals surface area contributed by atoms with Crippen LogP contribution in [0.15, 0.2) is 47.4 Å². The topological polar surface area (TPSA) is 106 Å². The van der Waals surface area contributed by atoms with E-state index in [-0.39, 0.29) is 35.5 Å². The van der Waals surface area contributed by atoms with Gasteiger partial charge in [-0.05, 0) is 67.5 Å². The van der Waals surface area contributed by atoms with Gasteiger partial charge >= 0.3 is 0 Å². The number of Topliss-reactive ketones (excluding diaryl/α,β-unsaturated/α-hetero) is 1. The van der Waals surface area contributed by atoms with Crippen molar-refractivity contribution in [3.63, 3.8) is 0 Å². The largest absolute Gasteiger partial charge is 0.350 e. The number of aryl methyl sites for hydroxylation is 2. The zero-order chi connectivity index (χ0) is 21.0.